The fourth-order valence-corrected chi connectivity index (χ4v) is 2.30. The molecular weight excluding hydrogens is 220 g/mol. The average Bonchev–Trinajstić information content (AvgIpc) is 2.84. The Morgan fingerprint density at radius 2 is 1.72 bits per heavy atom. The summed E-state index contributed by atoms with van der Waals surface area (Å²) >= 11 is 0. The van der Waals surface area contributed by atoms with Gasteiger partial charge in [-0.25, -0.2) is 0 Å². The number of hydrogen-bond donors (Lipinski definition) is 1. The number of aryl methyl sites for hydroxylation is 2. The van der Waals surface area contributed by atoms with Crippen LogP contribution in [0.4, 0.5) is 0 Å². The Morgan fingerprint density at radius 3 is 2.50 bits per heavy atom. The Bertz CT molecular complexity index is 445. The lowest BCUT2D eigenvalue weighted by molar-refractivity contribution is 0.591. The summed E-state index contributed by atoms with van der Waals surface area (Å²) in [6.07, 6.45) is 6.78. The maximum absolute atomic E-state index is 5.61. The second-order valence-electron chi connectivity index (χ2n) is 4.67. The quantitative estimate of drug-likeness (QED) is 0.743. The molecule has 0 fully saturated rings. The molecule has 2 nitrogen and oxygen atoms in total. The third kappa shape index (κ3) is 3.74. The molecule has 2 rings (SSSR count). The highest BCUT2D eigenvalue weighted by molar-refractivity contribution is 5.14. The second kappa shape index (κ2) is 7.02. The van der Waals surface area contributed by atoms with E-state index in [9.17, 15) is 0 Å². The molecule has 2 heteroatoms. The van der Waals surface area contributed by atoms with Crippen molar-refractivity contribution in [3.63, 3.8) is 0 Å². The van der Waals surface area contributed by atoms with Crippen LogP contribution < -0.4 is 5.73 Å². The van der Waals surface area contributed by atoms with E-state index in [-0.39, 0.29) is 0 Å². The summed E-state index contributed by atoms with van der Waals surface area (Å²) in [5.74, 6) is 0. The molecular formula is C16H22N2. The van der Waals surface area contributed by atoms with Crippen LogP contribution in [-0.4, -0.2) is 11.1 Å². The lowest BCUT2D eigenvalue weighted by Crippen LogP contribution is -2.08. The van der Waals surface area contributed by atoms with Gasteiger partial charge in [-0.3, -0.25) is 0 Å². The number of nitrogens with zero attached hydrogens (tertiary/aromatic N) is 1. The maximum Gasteiger partial charge on any atom is 0.0222 e. The van der Waals surface area contributed by atoms with Gasteiger partial charge in [0.15, 0.2) is 0 Å². The number of benzene rings is 1. The first-order valence-corrected chi connectivity index (χ1v) is 6.78. The van der Waals surface area contributed by atoms with E-state index in [2.05, 4.69) is 53.2 Å². The Hall–Kier alpha value is -1.54. The van der Waals surface area contributed by atoms with Crippen molar-refractivity contribution < 1.29 is 0 Å². The molecule has 0 spiro atoms. The number of nitrogens with two attached hydrogens (primary N) is 1. The van der Waals surface area contributed by atoms with Crippen LogP contribution in [0.5, 0.6) is 0 Å². The SMILES string of the molecule is NCCc1cccn1CCCCc1ccccc1. The highest BCUT2D eigenvalue weighted by atomic mass is 15.0. The maximum atomic E-state index is 5.61. The van der Waals surface area contributed by atoms with E-state index in [1.165, 1.54) is 30.5 Å². The number of unbranched alkanes of at least 4 members (excludes halogenated alkanes) is 1. The first kappa shape index (κ1) is 12.9. The van der Waals surface area contributed by atoms with Crippen molar-refractivity contribution in [3.8, 4) is 0 Å². The number of hydrogen-bond acceptors (Lipinski definition) is 1. The van der Waals surface area contributed by atoms with Crippen LogP contribution in [0.15, 0.2) is 48.7 Å². The summed E-state index contributed by atoms with van der Waals surface area (Å²) in [4.78, 5) is 0. The Kier molecular flexibility index (Phi) is 5.03. The molecule has 0 aliphatic carbocycles. The lowest BCUT2D eigenvalue weighted by Gasteiger charge is -2.08. The van der Waals surface area contributed by atoms with Gasteiger partial charge in [0.25, 0.3) is 0 Å². The first-order valence-electron chi connectivity index (χ1n) is 6.78. The van der Waals surface area contributed by atoms with Crippen molar-refractivity contribution in [2.75, 3.05) is 6.54 Å². The molecule has 96 valence electrons. The molecule has 1 aromatic heterocycles. The van der Waals surface area contributed by atoms with Gasteiger partial charge >= 0.3 is 0 Å². The predicted molar refractivity (Wildman–Crippen MR) is 76.6 cm³/mol. The normalized spacial score (nSPS) is 10.7. The standard InChI is InChI=1S/C16H22N2/c17-12-11-16-10-6-14-18(16)13-5-4-9-15-7-2-1-3-8-15/h1-3,6-8,10,14H,4-5,9,11-13,17H2. The molecule has 1 heterocycles. The molecule has 0 aliphatic heterocycles. The van der Waals surface area contributed by atoms with Crippen molar-refractivity contribution in [2.45, 2.75) is 32.2 Å². The second-order valence-corrected chi connectivity index (χ2v) is 4.67. The smallest absolute Gasteiger partial charge is 0.0222 e. The topological polar surface area (TPSA) is 30.9 Å². The summed E-state index contributed by atoms with van der Waals surface area (Å²) in [6.45, 7) is 1.84. The molecule has 0 unspecified atom stereocenters. The van der Waals surface area contributed by atoms with Crippen LogP contribution in [0.2, 0.25) is 0 Å². The number of aromatic nitrogens is 1. The summed E-state index contributed by atoms with van der Waals surface area (Å²) in [6, 6.07) is 15.0. The van der Waals surface area contributed by atoms with Gasteiger partial charge in [-0.15, -0.1) is 0 Å². The molecule has 18 heavy (non-hydrogen) atoms. The summed E-state index contributed by atoms with van der Waals surface area (Å²) in [7, 11) is 0. The van der Waals surface area contributed by atoms with E-state index in [4.69, 9.17) is 5.73 Å². The molecule has 1 aromatic carbocycles. The van der Waals surface area contributed by atoms with E-state index in [0.717, 1.165) is 19.5 Å². The molecule has 2 N–H and O–H groups in total. The van der Waals surface area contributed by atoms with Crippen molar-refractivity contribution >= 4 is 0 Å². The summed E-state index contributed by atoms with van der Waals surface area (Å²) < 4.78 is 2.33. The highest BCUT2D eigenvalue weighted by Crippen LogP contribution is 2.08. The van der Waals surface area contributed by atoms with Gasteiger partial charge in [-0.2, -0.15) is 0 Å². The Morgan fingerprint density at radius 1 is 0.889 bits per heavy atom. The van der Waals surface area contributed by atoms with Crippen LogP contribution >= 0.6 is 0 Å². The van der Waals surface area contributed by atoms with Crippen molar-refractivity contribution in [1.29, 1.82) is 0 Å². The summed E-state index contributed by atoms with van der Waals surface area (Å²) in [5.41, 5.74) is 8.40. The first-order chi connectivity index (χ1) is 8.90. The lowest BCUT2D eigenvalue weighted by atomic mass is 10.1. The van der Waals surface area contributed by atoms with Crippen LogP contribution in [0.25, 0.3) is 0 Å². The fraction of sp³-hybridized carbons (Fsp3) is 0.375. The minimum Gasteiger partial charge on any atom is -0.351 e. The average molecular weight is 242 g/mol. The molecule has 0 aliphatic rings. The molecule has 0 atom stereocenters. The zero-order valence-corrected chi connectivity index (χ0v) is 10.9. The van der Waals surface area contributed by atoms with Crippen LogP contribution in [-0.2, 0) is 19.4 Å². The van der Waals surface area contributed by atoms with E-state index in [1.54, 1.807) is 0 Å². The third-order valence-corrected chi connectivity index (χ3v) is 3.28. The predicted octanol–water partition coefficient (Wildman–Crippen LogP) is 3.01. The molecule has 0 saturated heterocycles. The fourth-order valence-electron chi connectivity index (χ4n) is 2.30. The van der Waals surface area contributed by atoms with Gasteiger partial charge < -0.3 is 10.3 Å². The van der Waals surface area contributed by atoms with Crippen LogP contribution in [0.1, 0.15) is 24.1 Å². The van der Waals surface area contributed by atoms with Crippen molar-refractivity contribution in [3.05, 3.63) is 59.9 Å². The summed E-state index contributed by atoms with van der Waals surface area (Å²) in [5, 5.41) is 0. The molecule has 0 bridgehead atoms. The minimum atomic E-state index is 0.730. The van der Waals surface area contributed by atoms with Crippen LogP contribution in [0, 0.1) is 0 Å². The monoisotopic (exact) mass is 242 g/mol. The van der Waals surface area contributed by atoms with Gasteiger partial charge in [0.2, 0.25) is 0 Å². The van der Waals surface area contributed by atoms with E-state index < -0.39 is 0 Å². The van der Waals surface area contributed by atoms with Gasteiger partial charge in [-0.05, 0) is 49.9 Å². The van der Waals surface area contributed by atoms with E-state index in [1.807, 2.05) is 0 Å². The van der Waals surface area contributed by atoms with Gasteiger partial charge in [0.05, 0.1) is 0 Å². The van der Waals surface area contributed by atoms with Gasteiger partial charge in [-0.1, -0.05) is 30.3 Å². The van der Waals surface area contributed by atoms with E-state index in [0.29, 0.717) is 0 Å². The van der Waals surface area contributed by atoms with Crippen LogP contribution in [0.3, 0.4) is 0 Å². The highest BCUT2D eigenvalue weighted by Gasteiger charge is 1.99. The zero-order chi connectivity index (χ0) is 12.6. The molecule has 2 aromatic rings. The van der Waals surface area contributed by atoms with E-state index >= 15 is 0 Å². The molecule has 0 amide bonds. The van der Waals surface area contributed by atoms with Crippen molar-refractivity contribution in [1.82, 2.24) is 4.57 Å². The van der Waals surface area contributed by atoms with Gasteiger partial charge in [0.1, 0.15) is 0 Å². The van der Waals surface area contributed by atoms with Gasteiger partial charge in [0, 0.05) is 18.4 Å². The Balaban J connectivity index is 1.73. The molecule has 0 radical (unpaired) electrons. The number of rotatable bonds is 7. The Labute approximate surface area is 109 Å². The van der Waals surface area contributed by atoms with Crippen molar-refractivity contribution in [2.24, 2.45) is 5.73 Å². The zero-order valence-electron chi connectivity index (χ0n) is 10.9. The third-order valence-electron chi connectivity index (χ3n) is 3.28. The minimum absolute atomic E-state index is 0.730. The largest absolute Gasteiger partial charge is 0.351 e. The molecule has 0 saturated carbocycles.